The average Bonchev–Trinajstić information content (AvgIpc) is 3.13. The number of piperazine rings is 1. The van der Waals surface area contributed by atoms with E-state index in [2.05, 4.69) is 9.80 Å². The first kappa shape index (κ1) is 13.3. The Bertz CT molecular complexity index is 591. The molecule has 2 aliphatic rings. The number of hydrogen-bond acceptors (Lipinski definition) is 4. The number of aliphatic hydroxyl groups is 1. The van der Waals surface area contributed by atoms with Crippen molar-refractivity contribution in [1.82, 2.24) is 9.80 Å². The third-order valence-corrected chi connectivity index (χ3v) is 4.88. The molecule has 4 nitrogen and oxygen atoms in total. The van der Waals surface area contributed by atoms with Crippen LogP contribution in [0.3, 0.4) is 0 Å². The largest absolute Gasteiger partial charge is 0.458 e. The van der Waals surface area contributed by atoms with Gasteiger partial charge in [-0.05, 0) is 31.5 Å². The minimum absolute atomic E-state index is 0.537. The van der Waals surface area contributed by atoms with Crippen molar-refractivity contribution in [2.24, 2.45) is 0 Å². The highest BCUT2D eigenvalue weighted by molar-refractivity contribution is 5.77. The summed E-state index contributed by atoms with van der Waals surface area (Å²) in [5, 5.41) is 11.5. The quantitative estimate of drug-likeness (QED) is 0.939. The number of para-hydroxylation sites is 1. The van der Waals surface area contributed by atoms with Gasteiger partial charge in [0.15, 0.2) is 0 Å². The van der Waals surface area contributed by atoms with E-state index in [1.54, 1.807) is 0 Å². The molecule has 2 saturated heterocycles. The van der Waals surface area contributed by atoms with E-state index in [-0.39, 0.29) is 0 Å². The monoisotopic (exact) mass is 286 g/mol. The summed E-state index contributed by atoms with van der Waals surface area (Å²) in [6.45, 7) is 5.19. The van der Waals surface area contributed by atoms with Crippen molar-refractivity contribution in [3.63, 3.8) is 0 Å². The summed E-state index contributed by atoms with van der Waals surface area (Å²) in [7, 11) is 0. The van der Waals surface area contributed by atoms with Crippen molar-refractivity contribution in [2.45, 2.75) is 25.0 Å². The number of β-amino-alcohol motifs (C(OH)–C–C–N with tert-alkyl or cyclic N) is 1. The molecule has 0 spiro atoms. The first-order valence-electron chi connectivity index (χ1n) is 7.92. The molecule has 3 heterocycles. The second-order valence-corrected chi connectivity index (χ2v) is 6.29. The van der Waals surface area contributed by atoms with Crippen LogP contribution in [0.25, 0.3) is 11.0 Å². The fourth-order valence-corrected chi connectivity index (χ4v) is 3.72. The van der Waals surface area contributed by atoms with Crippen molar-refractivity contribution in [2.75, 3.05) is 32.7 Å². The van der Waals surface area contributed by atoms with E-state index in [0.29, 0.717) is 18.3 Å². The maximum Gasteiger partial charge on any atom is 0.135 e. The fourth-order valence-electron chi connectivity index (χ4n) is 3.72. The van der Waals surface area contributed by atoms with Crippen LogP contribution in [-0.4, -0.2) is 53.7 Å². The zero-order valence-corrected chi connectivity index (χ0v) is 12.2. The molecule has 0 radical (unpaired) electrons. The molecule has 4 heteroatoms. The van der Waals surface area contributed by atoms with E-state index in [4.69, 9.17) is 4.42 Å². The van der Waals surface area contributed by atoms with Crippen LogP contribution in [0.5, 0.6) is 0 Å². The van der Waals surface area contributed by atoms with Gasteiger partial charge < -0.3 is 9.52 Å². The van der Waals surface area contributed by atoms with Crippen molar-refractivity contribution in [1.29, 1.82) is 0 Å². The highest BCUT2D eigenvalue weighted by atomic mass is 16.4. The summed E-state index contributed by atoms with van der Waals surface area (Å²) in [5.41, 5.74) is 0.854. The molecular formula is C17H22N2O2. The van der Waals surface area contributed by atoms with E-state index < -0.39 is 6.10 Å². The van der Waals surface area contributed by atoms with Gasteiger partial charge >= 0.3 is 0 Å². The van der Waals surface area contributed by atoms with E-state index in [1.165, 1.54) is 19.4 Å². The lowest BCUT2D eigenvalue weighted by atomic mass is 10.1. The van der Waals surface area contributed by atoms with Crippen LogP contribution < -0.4 is 0 Å². The molecule has 2 aromatic rings. The molecule has 1 aromatic carbocycles. The van der Waals surface area contributed by atoms with Crippen molar-refractivity contribution in [3.8, 4) is 0 Å². The van der Waals surface area contributed by atoms with Gasteiger partial charge in [-0.3, -0.25) is 9.80 Å². The molecule has 0 bridgehead atoms. The van der Waals surface area contributed by atoms with E-state index in [0.717, 1.165) is 30.6 Å². The summed E-state index contributed by atoms with van der Waals surface area (Å²) in [6, 6.07) is 10.6. The van der Waals surface area contributed by atoms with Gasteiger partial charge in [0.05, 0.1) is 0 Å². The predicted molar refractivity (Wildman–Crippen MR) is 82.2 cm³/mol. The van der Waals surface area contributed by atoms with Gasteiger partial charge in [-0.2, -0.15) is 0 Å². The molecule has 0 aliphatic carbocycles. The molecule has 2 fully saturated rings. The van der Waals surface area contributed by atoms with Crippen molar-refractivity contribution in [3.05, 3.63) is 36.1 Å². The molecule has 112 valence electrons. The Morgan fingerprint density at radius 1 is 1.24 bits per heavy atom. The highest BCUT2D eigenvalue weighted by Crippen LogP contribution is 2.26. The summed E-state index contributed by atoms with van der Waals surface area (Å²) in [4.78, 5) is 4.97. The molecule has 21 heavy (non-hydrogen) atoms. The smallest absolute Gasteiger partial charge is 0.135 e. The molecule has 1 N–H and O–H groups in total. The van der Waals surface area contributed by atoms with Gasteiger partial charge in [-0.15, -0.1) is 0 Å². The van der Waals surface area contributed by atoms with E-state index in [1.807, 2.05) is 30.3 Å². The highest BCUT2D eigenvalue weighted by Gasteiger charge is 2.31. The summed E-state index contributed by atoms with van der Waals surface area (Å²) in [6.07, 6.45) is 2.09. The first-order chi connectivity index (χ1) is 10.3. The van der Waals surface area contributed by atoms with E-state index in [9.17, 15) is 5.11 Å². The van der Waals surface area contributed by atoms with Crippen LogP contribution in [0, 0.1) is 0 Å². The average molecular weight is 286 g/mol. The number of rotatable bonds is 3. The number of aliphatic hydroxyl groups excluding tert-OH is 1. The second-order valence-electron chi connectivity index (χ2n) is 6.29. The topological polar surface area (TPSA) is 39.9 Å². The molecule has 4 rings (SSSR count). The Morgan fingerprint density at radius 2 is 2.14 bits per heavy atom. The van der Waals surface area contributed by atoms with Gasteiger partial charge in [0, 0.05) is 37.6 Å². The minimum Gasteiger partial charge on any atom is -0.458 e. The Labute approximate surface area is 124 Å². The standard InChI is InChI=1S/C17H22N2O2/c20-15(17-10-13-4-1-2-6-16(13)21-17)12-18-8-9-19-7-3-5-14(19)11-18/h1-2,4,6,10,14-15,20H,3,5,7-9,11-12H2. The summed E-state index contributed by atoms with van der Waals surface area (Å²) in [5.74, 6) is 0.685. The van der Waals surface area contributed by atoms with Crippen LogP contribution in [-0.2, 0) is 0 Å². The van der Waals surface area contributed by atoms with Crippen LogP contribution in [0.2, 0.25) is 0 Å². The zero-order chi connectivity index (χ0) is 14.2. The molecule has 2 unspecified atom stereocenters. The third kappa shape index (κ3) is 2.59. The number of hydrogen-bond donors (Lipinski definition) is 1. The SMILES string of the molecule is OC(CN1CCN2CCCC2C1)c1cc2ccccc2o1. The maximum atomic E-state index is 10.5. The lowest BCUT2D eigenvalue weighted by Crippen LogP contribution is -2.50. The number of fused-ring (bicyclic) bond motifs is 2. The fraction of sp³-hybridized carbons (Fsp3) is 0.529. The van der Waals surface area contributed by atoms with Crippen molar-refractivity contribution < 1.29 is 9.52 Å². The third-order valence-electron chi connectivity index (χ3n) is 4.88. The maximum absolute atomic E-state index is 10.5. The van der Waals surface area contributed by atoms with Gasteiger partial charge in [-0.1, -0.05) is 18.2 Å². The normalized spacial score (nSPS) is 25.3. The Morgan fingerprint density at radius 3 is 3.05 bits per heavy atom. The molecule has 0 amide bonds. The van der Waals surface area contributed by atoms with Crippen molar-refractivity contribution >= 4 is 11.0 Å². The first-order valence-corrected chi connectivity index (χ1v) is 7.92. The van der Waals surface area contributed by atoms with Gasteiger partial charge in [0.2, 0.25) is 0 Å². The van der Waals surface area contributed by atoms with Crippen LogP contribution in [0.15, 0.2) is 34.7 Å². The number of furan rings is 1. The molecular weight excluding hydrogens is 264 g/mol. The summed E-state index contributed by atoms with van der Waals surface area (Å²) < 4.78 is 5.77. The van der Waals surface area contributed by atoms with Gasteiger partial charge in [-0.25, -0.2) is 0 Å². The van der Waals surface area contributed by atoms with Gasteiger partial charge in [0.25, 0.3) is 0 Å². The van der Waals surface area contributed by atoms with E-state index >= 15 is 0 Å². The second kappa shape index (κ2) is 5.44. The summed E-state index contributed by atoms with van der Waals surface area (Å²) >= 11 is 0. The molecule has 2 atom stereocenters. The minimum atomic E-state index is -0.537. The molecule has 1 aromatic heterocycles. The Hall–Kier alpha value is -1.36. The Kier molecular flexibility index (Phi) is 3.45. The lowest BCUT2D eigenvalue weighted by Gasteiger charge is -2.38. The molecule has 0 saturated carbocycles. The van der Waals surface area contributed by atoms with Gasteiger partial charge in [0.1, 0.15) is 17.4 Å². The van der Waals surface area contributed by atoms with Crippen LogP contribution in [0.1, 0.15) is 24.7 Å². The zero-order valence-electron chi connectivity index (χ0n) is 12.2. The lowest BCUT2D eigenvalue weighted by molar-refractivity contribution is 0.0486. The Balaban J connectivity index is 1.44. The van der Waals surface area contributed by atoms with Crippen LogP contribution >= 0.6 is 0 Å². The number of benzene rings is 1. The predicted octanol–water partition coefficient (Wildman–Crippen LogP) is 2.25. The molecule has 2 aliphatic heterocycles. The number of nitrogens with zero attached hydrogens (tertiary/aromatic N) is 2. The van der Waals surface area contributed by atoms with Crippen LogP contribution in [0.4, 0.5) is 0 Å².